The molecule has 0 spiro atoms. The second-order valence-corrected chi connectivity index (χ2v) is 7.48. The van der Waals surface area contributed by atoms with Gasteiger partial charge in [-0.1, -0.05) is 6.07 Å². The predicted octanol–water partition coefficient (Wildman–Crippen LogP) is 2.40. The molecule has 9 nitrogen and oxygen atoms in total. The van der Waals surface area contributed by atoms with Crippen molar-refractivity contribution >= 4 is 61.9 Å². The summed E-state index contributed by atoms with van der Waals surface area (Å²) in [4.78, 5) is 44.2. The van der Waals surface area contributed by atoms with Crippen LogP contribution in [0, 0.1) is 13.8 Å². The van der Waals surface area contributed by atoms with E-state index in [0.29, 0.717) is 38.3 Å². The fourth-order valence-corrected chi connectivity index (χ4v) is 4.41. The molecule has 2 N–H and O–H groups in total. The SMILES string of the molecule is Cc1nc2sc(C(=O)OCC(=O)Nc3cccc4nsnc34)c(C)c2c(=O)[nH]1. The molecular weight excluding hydrogens is 402 g/mol. The number of benzene rings is 1. The zero-order chi connectivity index (χ0) is 19.8. The van der Waals surface area contributed by atoms with Crippen molar-refractivity contribution in [2.75, 3.05) is 11.9 Å². The van der Waals surface area contributed by atoms with Crippen molar-refractivity contribution in [1.29, 1.82) is 0 Å². The van der Waals surface area contributed by atoms with Gasteiger partial charge in [-0.15, -0.1) is 11.3 Å². The molecule has 4 aromatic rings. The summed E-state index contributed by atoms with van der Waals surface area (Å²) in [5, 5.41) is 3.02. The number of H-pyrrole nitrogens is 1. The number of hydrogen-bond acceptors (Lipinski definition) is 9. The molecule has 0 saturated carbocycles. The molecule has 0 aliphatic heterocycles. The van der Waals surface area contributed by atoms with Gasteiger partial charge in [0.15, 0.2) is 6.61 Å². The van der Waals surface area contributed by atoms with E-state index in [1.807, 2.05) is 0 Å². The van der Waals surface area contributed by atoms with Gasteiger partial charge in [-0.2, -0.15) is 8.75 Å². The van der Waals surface area contributed by atoms with E-state index in [-0.39, 0.29) is 10.4 Å². The summed E-state index contributed by atoms with van der Waals surface area (Å²) in [5.74, 6) is -0.718. The number of aromatic amines is 1. The standard InChI is InChI=1S/C17H13N5O4S2/c1-7-12-15(24)18-8(2)19-16(12)27-14(7)17(25)26-6-11(23)20-9-4-3-5-10-13(9)22-28-21-10/h3-5H,6H2,1-2H3,(H,20,23)(H,18,19,24). The molecule has 0 atom stereocenters. The summed E-state index contributed by atoms with van der Waals surface area (Å²) in [5.41, 5.74) is 1.92. The number of nitrogens with one attached hydrogen (secondary N) is 2. The number of carbonyl (C=O) groups is 2. The summed E-state index contributed by atoms with van der Waals surface area (Å²) >= 11 is 2.11. The number of rotatable bonds is 4. The first kappa shape index (κ1) is 18.2. The van der Waals surface area contributed by atoms with E-state index < -0.39 is 18.5 Å². The molecule has 3 aromatic heterocycles. The zero-order valence-electron chi connectivity index (χ0n) is 14.7. The number of ether oxygens (including phenoxy) is 1. The maximum atomic E-state index is 12.4. The summed E-state index contributed by atoms with van der Waals surface area (Å²) in [6.07, 6.45) is 0. The van der Waals surface area contributed by atoms with Gasteiger partial charge in [0.05, 0.1) is 22.8 Å². The Kier molecular flexibility index (Phi) is 4.61. The van der Waals surface area contributed by atoms with Gasteiger partial charge in [0.25, 0.3) is 11.5 Å². The van der Waals surface area contributed by atoms with Gasteiger partial charge < -0.3 is 15.0 Å². The highest BCUT2D eigenvalue weighted by atomic mass is 32.1. The number of aryl methyl sites for hydroxylation is 2. The number of nitrogens with zero attached hydrogens (tertiary/aromatic N) is 3. The van der Waals surface area contributed by atoms with E-state index in [1.165, 1.54) is 0 Å². The summed E-state index contributed by atoms with van der Waals surface area (Å²) in [6.45, 7) is 2.84. The zero-order valence-corrected chi connectivity index (χ0v) is 16.4. The van der Waals surface area contributed by atoms with Crippen LogP contribution in [0.5, 0.6) is 0 Å². The average molecular weight is 415 g/mol. The Morgan fingerprint density at radius 2 is 2.07 bits per heavy atom. The van der Waals surface area contributed by atoms with Crippen molar-refractivity contribution in [3.63, 3.8) is 0 Å². The first-order valence-corrected chi connectivity index (χ1v) is 9.67. The van der Waals surface area contributed by atoms with E-state index in [0.717, 1.165) is 23.1 Å². The fraction of sp³-hybridized carbons (Fsp3) is 0.176. The van der Waals surface area contributed by atoms with Crippen molar-refractivity contribution in [3.05, 3.63) is 44.8 Å². The third-order valence-corrected chi connectivity index (χ3v) is 5.71. The number of esters is 1. The lowest BCUT2D eigenvalue weighted by molar-refractivity contribution is -0.119. The molecule has 4 rings (SSSR count). The quantitative estimate of drug-likeness (QED) is 0.490. The maximum absolute atomic E-state index is 12.4. The van der Waals surface area contributed by atoms with E-state index >= 15 is 0 Å². The van der Waals surface area contributed by atoms with Gasteiger partial charge in [-0.05, 0) is 31.5 Å². The number of hydrogen-bond donors (Lipinski definition) is 2. The van der Waals surface area contributed by atoms with Gasteiger partial charge >= 0.3 is 5.97 Å². The van der Waals surface area contributed by atoms with Crippen LogP contribution in [-0.2, 0) is 9.53 Å². The van der Waals surface area contributed by atoms with Crippen LogP contribution in [0.3, 0.4) is 0 Å². The molecular formula is C17H13N5O4S2. The van der Waals surface area contributed by atoms with Crippen molar-refractivity contribution in [2.24, 2.45) is 0 Å². The summed E-state index contributed by atoms with van der Waals surface area (Å²) < 4.78 is 13.4. The van der Waals surface area contributed by atoms with Crippen LogP contribution in [-0.4, -0.2) is 37.2 Å². The maximum Gasteiger partial charge on any atom is 0.349 e. The first-order chi connectivity index (χ1) is 13.4. The number of amides is 1. The van der Waals surface area contributed by atoms with E-state index in [4.69, 9.17) is 4.74 Å². The minimum atomic E-state index is -0.679. The minimum Gasteiger partial charge on any atom is -0.451 e. The van der Waals surface area contributed by atoms with Crippen molar-refractivity contribution in [2.45, 2.75) is 13.8 Å². The summed E-state index contributed by atoms with van der Waals surface area (Å²) in [6, 6.07) is 5.23. The Labute approximate surface area is 165 Å². The fourth-order valence-electron chi connectivity index (χ4n) is 2.74. The van der Waals surface area contributed by atoms with Crippen LogP contribution in [0.15, 0.2) is 23.0 Å². The van der Waals surface area contributed by atoms with Crippen molar-refractivity contribution in [3.8, 4) is 0 Å². The van der Waals surface area contributed by atoms with Crippen molar-refractivity contribution < 1.29 is 14.3 Å². The topological polar surface area (TPSA) is 127 Å². The van der Waals surface area contributed by atoms with Gasteiger partial charge in [-0.3, -0.25) is 9.59 Å². The average Bonchev–Trinajstić information content (AvgIpc) is 3.25. The first-order valence-electron chi connectivity index (χ1n) is 8.12. The van der Waals surface area contributed by atoms with E-state index in [9.17, 15) is 14.4 Å². The largest absolute Gasteiger partial charge is 0.451 e. The van der Waals surface area contributed by atoms with Crippen LogP contribution in [0.2, 0.25) is 0 Å². The second-order valence-electron chi connectivity index (χ2n) is 5.95. The second kappa shape index (κ2) is 7.09. The smallest absolute Gasteiger partial charge is 0.349 e. The highest BCUT2D eigenvalue weighted by Gasteiger charge is 2.21. The summed E-state index contributed by atoms with van der Waals surface area (Å²) in [7, 11) is 0. The molecule has 0 aliphatic carbocycles. The highest BCUT2D eigenvalue weighted by Crippen LogP contribution is 2.27. The molecule has 0 radical (unpaired) electrons. The number of fused-ring (bicyclic) bond motifs is 2. The lowest BCUT2D eigenvalue weighted by Gasteiger charge is -2.06. The molecule has 142 valence electrons. The lowest BCUT2D eigenvalue weighted by atomic mass is 10.2. The van der Waals surface area contributed by atoms with E-state index in [1.54, 1.807) is 32.0 Å². The normalized spacial score (nSPS) is 11.1. The molecule has 0 bridgehead atoms. The third-order valence-electron chi connectivity index (χ3n) is 4.00. The minimum absolute atomic E-state index is 0.247. The monoisotopic (exact) mass is 415 g/mol. The Morgan fingerprint density at radius 1 is 1.25 bits per heavy atom. The Morgan fingerprint density at radius 3 is 2.89 bits per heavy atom. The molecule has 3 heterocycles. The van der Waals surface area contributed by atoms with Crippen LogP contribution < -0.4 is 10.9 Å². The highest BCUT2D eigenvalue weighted by molar-refractivity contribution is 7.20. The Hall–Kier alpha value is -3.18. The molecule has 0 fully saturated rings. The number of anilines is 1. The number of thiophene rings is 1. The number of carbonyl (C=O) groups excluding carboxylic acids is 2. The molecule has 0 saturated heterocycles. The molecule has 11 heteroatoms. The number of aromatic nitrogens is 4. The molecule has 0 aliphatic rings. The van der Waals surface area contributed by atoms with Crippen LogP contribution in [0.4, 0.5) is 5.69 Å². The van der Waals surface area contributed by atoms with Gasteiger partial charge in [-0.25, -0.2) is 9.78 Å². The lowest BCUT2D eigenvalue weighted by Crippen LogP contribution is -2.21. The Bertz CT molecular complexity index is 1290. The van der Waals surface area contributed by atoms with Gasteiger partial charge in [0, 0.05) is 0 Å². The van der Waals surface area contributed by atoms with Crippen LogP contribution in [0.25, 0.3) is 21.3 Å². The molecule has 0 unspecified atom stereocenters. The molecule has 28 heavy (non-hydrogen) atoms. The third kappa shape index (κ3) is 3.25. The van der Waals surface area contributed by atoms with Crippen LogP contribution >= 0.6 is 23.1 Å². The molecule has 1 aromatic carbocycles. The van der Waals surface area contributed by atoms with Crippen LogP contribution in [0.1, 0.15) is 21.1 Å². The predicted molar refractivity (Wildman–Crippen MR) is 106 cm³/mol. The Balaban J connectivity index is 1.48. The van der Waals surface area contributed by atoms with Gasteiger partial charge in [0.2, 0.25) is 0 Å². The van der Waals surface area contributed by atoms with Gasteiger partial charge in [0.1, 0.15) is 26.6 Å². The molecule has 1 amide bonds. The van der Waals surface area contributed by atoms with Crippen molar-refractivity contribution in [1.82, 2.24) is 18.7 Å². The van der Waals surface area contributed by atoms with E-state index in [2.05, 4.69) is 24.0 Å².